The van der Waals surface area contributed by atoms with Gasteiger partial charge in [-0.1, -0.05) is 23.7 Å². The number of hydrogen-bond donors (Lipinski definition) is 0. The minimum atomic E-state index is -4.70. The molecule has 0 spiro atoms. The highest BCUT2D eigenvalue weighted by Crippen LogP contribution is 2.41. The fraction of sp³-hybridized carbons (Fsp3) is 0.176. The van der Waals surface area contributed by atoms with E-state index in [2.05, 4.69) is 9.97 Å². The zero-order valence-electron chi connectivity index (χ0n) is 12.5. The molecule has 24 heavy (non-hydrogen) atoms. The molecule has 2 heterocycles. The largest absolute Gasteiger partial charge is 0.663 e. The molecule has 0 saturated carbocycles. The second-order valence-electron chi connectivity index (χ2n) is 5.35. The lowest BCUT2D eigenvalue weighted by molar-refractivity contribution is -0.139. The maximum absolute atomic E-state index is 13.2. The fourth-order valence-electron chi connectivity index (χ4n) is 2.53. The van der Waals surface area contributed by atoms with Crippen molar-refractivity contribution in [3.05, 3.63) is 64.6 Å². The summed E-state index contributed by atoms with van der Waals surface area (Å²) in [5, 5.41) is 0.805. The van der Waals surface area contributed by atoms with Crippen LogP contribution in [-0.2, 0) is 0 Å². The van der Waals surface area contributed by atoms with E-state index in [1.165, 1.54) is 6.07 Å². The predicted octanol–water partition coefficient (Wildman–Crippen LogP) is 5.91. The van der Waals surface area contributed by atoms with Crippen molar-refractivity contribution in [3.8, 4) is 11.3 Å². The molecular weight excluding hydrogens is 339 g/mol. The Kier molecular flexibility index (Phi) is 4.19. The van der Waals surface area contributed by atoms with Gasteiger partial charge in [0.1, 0.15) is 0 Å². The van der Waals surface area contributed by atoms with Gasteiger partial charge in [-0.25, -0.2) is 4.98 Å². The Morgan fingerprint density at radius 3 is 2.58 bits per heavy atom. The summed E-state index contributed by atoms with van der Waals surface area (Å²) in [6.07, 6.45) is -3.15. The quantitative estimate of drug-likeness (QED) is 0.576. The minimum Gasteiger partial charge on any atom is -0.663 e. The van der Waals surface area contributed by atoms with Gasteiger partial charge in [-0.3, -0.25) is 4.98 Å². The predicted molar refractivity (Wildman–Crippen MR) is 87.8 cm³/mol. The number of benzene rings is 1. The highest BCUT2D eigenvalue weighted by atomic mass is 35.5. The Hall–Kier alpha value is -2.18. The van der Waals surface area contributed by atoms with Gasteiger partial charge in [-0.2, -0.15) is 13.2 Å². The Balaban J connectivity index is 2.36. The van der Waals surface area contributed by atoms with Gasteiger partial charge in [0.2, 0.25) is 0 Å². The standard InChI is InChI=1S/C17H12ClF3N3/c1-9-11(5-3-7-23-9)15-12(16(22)17(19,20)21)8-10-4-2-6-13(18)14(10)24-15/h2-8,16,22H,1H3/q-1/t16-/m1/s1. The normalized spacial score (nSPS) is 13.2. The summed E-state index contributed by atoms with van der Waals surface area (Å²) in [4.78, 5) is 8.45. The number of aryl methyl sites for hydroxylation is 1. The van der Waals surface area contributed by atoms with E-state index in [0.717, 1.165) is 0 Å². The summed E-state index contributed by atoms with van der Waals surface area (Å²) in [5.74, 6) is 0. The van der Waals surface area contributed by atoms with Crippen molar-refractivity contribution in [1.82, 2.24) is 9.97 Å². The van der Waals surface area contributed by atoms with E-state index < -0.39 is 12.2 Å². The van der Waals surface area contributed by atoms with Crippen LogP contribution in [0.15, 0.2) is 42.6 Å². The Labute approximate surface area is 141 Å². The van der Waals surface area contributed by atoms with Crippen LogP contribution < -0.4 is 0 Å². The van der Waals surface area contributed by atoms with Gasteiger partial charge in [-0.05, 0) is 42.8 Å². The second kappa shape index (κ2) is 6.03. The average molecular weight is 351 g/mol. The van der Waals surface area contributed by atoms with E-state index in [9.17, 15) is 13.2 Å². The van der Waals surface area contributed by atoms with Gasteiger partial charge in [0.05, 0.1) is 16.2 Å². The molecule has 124 valence electrons. The molecule has 0 aliphatic rings. The number of nitrogens with zero attached hydrogens (tertiary/aromatic N) is 2. The zero-order chi connectivity index (χ0) is 17.5. The first-order valence-corrected chi connectivity index (χ1v) is 7.46. The highest BCUT2D eigenvalue weighted by Gasteiger charge is 2.34. The summed E-state index contributed by atoms with van der Waals surface area (Å²) in [7, 11) is 0. The summed E-state index contributed by atoms with van der Waals surface area (Å²) in [5.41, 5.74) is 8.89. The molecule has 0 radical (unpaired) electrons. The van der Waals surface area contributed by atoms with Crippen molar-refractivity contribution in [2.45, 2.75) is 19.1 Å². The Morgan fingerprint density at radius 1 is 1.17 bits per heavy atom. The molecular formula is C17H12ClF3N3-. The lowest BCUT2D eigenvalue weighted by atomic mass is 9.97. The SMILES string of the molecule is Cc1ncccc1-c1nc2c(Cl)cccc2cc1[C@@H]([NH-])C(F)(F)F. The van der Waals surface area contributed by atoms with Crippen molar-refractivity contribution in [2.75, 3.05) is 0 Å². The molecule has 3 rings (SSSR count). The Morgan fingerprint density at radius 2 is 1.92 bits per heavy atom. The van der Waals surface area contributed by atoms with Crippen LogP contribution in [0, 0.1) is 6.92 Å². The van der Waals surface area contributed by atoms with Gasteiger partial charge in [0, 0.05) is 22.8 Å². The third kappa shape index (κ3) is 2.95. The first-order valence-electron chi connectivity index (χ1n) is 7.08. The third-order valence-electron chi connectivity index (χ3n) is 3.73. The van der Waals surface area contributed by atoms with E-state index in [-0.39, 0.29) is 11.3 Å². The number of nitrogens with one attached hydrogen (secondary N) is 1. The van der Waals surface area contributed by atoms with E-state index in [0.29, 0.717) is 27.2 Å². The Bertz CT molecular complexity index is 909. The number of rotatable bonds is 2. The van der Waals surface area contributed by atoms with Crippen molar-refractivity contribution < 1.29 is 13.2 Å². The van der Waals surface area contributed by atoms with Crippen LogP contribution in [0.25, 0.3) is 27.9 Å². The average Bonchev–Trinajstić information content (AvgIpc) is 2.53. The summed E-state index contributed by atoms with van der Waals surface area (Å²) >= 11 is 6.13. The van der Waals surface area contributed by atoms with Gasteiger partial charge in [0.25, 0.3) is 0 Å². The van der Waals surface area contributed by atoms with Crippen LogP contribution in [0.1, 0.15) is 17.3 Å². The maximum atomic E-state index is 13.2. The summed E-state index contributed by atoms with van der Waals surface area (Å²) < 4.78 is 39.5. The molecule has 0 bridgehead atoms. The number of aromatic nitrogens is 2. The van der Waals surface area contributed by atoms with Crippen molar-refractivity contribution in [2.24, 2.45) is 0 Å². The van der Waals surface area contributed by atoms with Crippen LogP contribution in [0.5, 0.6) is 0 Å². The molecule has 3 nitrogen and oxygen atoms in total. The number of alkyl halides is 3. The molecule has 0 aliphatic heterocycles. The van der Waals surface area contributed by atoms with Gasteiger partial charge in [-0.15, -0.1) is 0 Å². The molecule has 0 saturated heterocycles. The molecule has 2 aromatic heterocycles. The molecule has 7 heteroatoms. The van der Waals surface area contributed by atoms with Crippen molar-refractivity contribution in [1.29, 1.82) is 0 Å². The van der Waals surface area contributed by atoms with Gasteiger partial charge >= 0.3 is 6.18 Å². The molecule has 0 amide bonds. The first-order chi connectivity index (χ1) is 11.3. The second-order valence-corrected chi connectivity index (χ2v) is 5.76. The molecule has 1 N–H and O–H groups in total. The fourth-order valence-corrected chi connectivity index (χ4v) is 2.75. The molecule has 0 fully saturated rings. The lowest BCUT2D eigenvalue weighted by Crippen LogP contribution is -2.18. The molecule has 0 unspecified atom stereocenters. The van der Waals surface area contributed by atoms with Crippen LogP contribution >= 0.6 is 11.6 Å². The van der Waals surface area contributed by atoms with Crippen LogP contribution in [0.4, 0.5) is 13.2 Å². The van der Waals surface area contributed by atoms with E-state index >= 15 is 0 Å². The van der Waals surface area contributed by atoms with E-state index in [1.807, 2.05) is 0 Å². The summed E-state index contributed by atoms with van der Waals surface area (Å²) in [6.45, 7) is 1.68. The zero-order valence-corrected chi connectivity index (χ0v) is 13.3. The topological polar surface area (TPSA) is 49.6 Å². The van der Waals surface area contributed by atoms with Crippen LogP contribution in [0.2, 0.25) is 5.02 Å². The van der Waals surface area contributed by atoms with Crippen molar-refractivity contribution >= 4 is 22.5 Å². The van der Waals surface area contributed by atoms with Gasteiger partial charge in [0.15, 0.2) is 0 Å². The molecule has 3 aromatic rings. The van der Waals surface area contributed by atoms with E-state index in [4.69, 9.17) is 17.3 Å². The third-order valence-corrected chi connectivity index (χ3v) is 4.03. The lowest BCUT2D eigenvalue weighted by Gasteiger charge is -2.26. The smallest absolute Gasteiger partial charge is 0.377 e. The number of pyridine rings is 2. The molecule has 0 aliphatic carbocycles. The number of para-hydroxylation sites is 1. The molecule has 1 aromatic carbocycles. The maximum Gasteiger partial charge on any atom is 0.377 e. The monoisotopic (exact) mass is 350 g/mol. The van der Waals surface area contributed by atoms with Crippen molar-refractivity contribution in [3.63, 3.8) is 0 Å². The highest BCUT2D eigenvalue weighted by molar-refractivity contribution is 6.35. The molecule has 1 atom stereocenters. The minimum absolute atomic E-state index is 0.0820. The van der Waals surface area contributed by atoms with Crippen LogP contribution in [0.3, 0.4) is 0 Å². The number of halogens is 4. The number of hydrogen-bond acceptors (Lipinski definition) is 2. The van der Waals surface area contributed by atoms with E-state index in [1.54, 1.807) is 43.5 Å². The summed E-state index contributed by atoms with van der Waals surface area (Å²) in [6, 6.07) is 7.08. The van der Waals surface area contributed by atoms with Crippen LogP contribution in [-0.4, -0.2) is 16.1 Å². The number of fused-ring (bicyclic) bond motifs is 1. The first kappa shape index (κ1) is 16.7. The van der Waals surface area contributed by atoms with Gasteiger partial charge < -0.3 is 5.73 Å².